The summed E-state index contributed by atoms with van der Waals surface area (Å²) in [7, 11) is -2.30. The second-order valence-electron chi connectivity index (χ2n) is 6.75. The predicted molar refractivity (Wildman–Crippen MR) is 107 cm³/mol. The van der Waals surface area contributed by atoms with Crippen LogP contribution in [0.1, 0.15) is 47.0 Å². The van der Waals surface area contributed by atoms with Crippen molar-refractivity contribution in [1.82, 2.24) is 0 Å². The van der Waals surface area contributed by atoms with E-state index in [1.165, 1.54) is 30.6 Å². The molecule has 1 amide bonds. The zero-order chi connectivity index (χ0) is 19.6. The number of fused-ring (bicyclic) bond motifs is 1. The monoisotopic (exact) mass is 408 g/mol. The lowest BCUT2D eigenvalue weighted by Gasteiger charge is -2.21. The number of nitrogens with one attached hydrogen (secondary N) is 1. The Labute approximate surface area is 163 Å². The highest BCUT2D eigenvalue weighted by Crippen LogP contribution is 2.41. The van der Waals surface area contributed by atoms with Crippen LogP contribution >= 0.6 is 11.3 Å². The summed E-state index contributed by atoms with van der Waals surface area (Å²) in [6, 6.07) is 6.10. The van der Waals surface area contributed by atoms with Gasteiger partial charge in [0.2, 0.25) is 0 Å². The van der Waals surface area contributed by atoms with Gasteiger partial charge in [0.1, 0.15) is 10.8 Å². The van der Waals surface area contributed by atoms with Crippen LogP contribution in [0.5, 0.6) is 5.75 Å². The lowest BCUT2D eigenvalue weighted by atomic mass is 9.84. The molecule has 0 spiro atoms. The number of thiophene rings is 1. The van der Waals surface area contributed by atoms with E-state index in [-0.39, 0.29) is 4.90 Å². The number of amides is 1. The highest BCUT2D eigenvalue weighted by molar-refractivity contribution is 7.93. The maximum absolute atomic E-state index is 12.8. The van der Waals surface area contributed by atoms with Crippen LogP contribution in [-0.2, 0) is 22.9 Å². The van der Waals surface area contributed by atoms with Crippen LogP contribution in [0.15, 0.2) is 29.2 Å². The Morgan fingerprint density at radius 1 is 1.33 bits per heavy atom. The van der Waals surface area contributed by atoms with Crippen molar-refractivity contribution in [1.29, 1.82) is 0 Å². The fraction of sp³-hybridized carbons (Fsp3) is 0.421. The van der Waals surface area contributed by atoms with Gasteiger partial charge in [-0.1, -0.05) is 19.8 Å². The first-order valence-corrected chi connectivity index (χ1v) is 11.3. The highest BCUT2D eigenvalue weighted by Gasteiger charge is 2.29. The Morgan fingerprint density at radius 2 is 2.04 bits per heavy atom. The maximum atomic E-state index is 12.8. The lowest BCUT2D eigenvalue weighted by Crippen LogP contribution is -2.20. The predicted octanol–water partition coefficient (Wildman–Crippen LogP) is 3.56. The molecule has 2 aromatic rings. The molecule has 3 N–H and O–H groups in total. The minimum Gasteiger partial charge on any atom is -0.497 e. The number of sulfonamides is 1. The Hall–Kier alpha value is -2.06. The molecule has 27 heavy (non-hydrogen) atoms. The van der Waals surface area contributed by atoms with Crippen LogP contribution in [0.25, 0.3) is 0 Å². The Balaban J connectivity index is 1.93. The molecule has 1 aliphatic carbocycles. The summed E-state index contributed by atoms with van der Waals surface area (Å²) in [6.45, 7) is 2.16. The van der Waals surface area contributed by atoms with Crippen LogP contribution in [0.3, 0.4) is 0 Å². The summed E-state index contributed by atoms with van der Waals surface area (Å²) in [6.07, 6.45) is 4.89. The van der Waals surface area contributed by atoms with E-state index in [0.29, 0.717) is 22.2 Å². The number of anilines is 1. The van der Waals surface area contributed by atoms with Gasteiger partial charge in [0.05, 0.1) is 17.6 Å². The quantitative estimate of drug-likeness (QED) is 0.732. The largest absolute Gasteiger partial charge is 0.497 e. The molecule has 0 saturated carbocycles. The van der Waals surface area contributed by atoms with Gasteiger partial charge in [-0.15, -0.1) is 11.3 Å². The Kier molecular flexibility index (Phi) is 5.76. The maximum Gasteiger partial charge on any atom is 0.262 e. The van der Waals surface area contributed by atoms with Crippen LogP contribution in [0, 0.1) is 5.92 Å². The summed E-state index contributed by atoms with van der Waals surface area (Å²) in [5.74, 6) is 0.558. The number of methoxy groups -OCH3 is 1. The summed E-state index contributed by atoms with van der Waals surface area (Å²) >= 11 is 1.33. The van der Waals surface area contributed by atoms with Gasteiger partial charge < -0.3 is 10.5 Å². The molecule has 1 aliphatic rings. The Morgan fingerprint density at radius 3 is 2.63 bits per heavy atom. The van der Waals surface area contributed by atoms with Gasteiger partial charge >= 0.3 is 0 Å². The highest BCUT2D eigenvalue weighted by atomic mass is 32.2. The van der Waals surface area contributed by atoms with Gasteiger partial charge in [-0.2, -0.15) is 0 Å². The fourth-order valence-corrected chi connectivity index (χ4v) is 6.25. The average molecular weight is 409 g/mol. The molecule has 8 heteroatoms. The number of rotatable bonds is 7. The van der Waals surface area contributed by atoms with Crippen LogP contribution < -0.4 is 15.2 Å². The van der Waals surface area contributed by atoms with Gasteiger partial charge in [-0.05, 0) is 55.0 Å². The molecule has 1 heterocycles. The molecular weight excluding hydrogens is 384 g/mol. The molecule has 0 aliphatic heterocycles. The van der Waals surface area contributed by atoms with Gasteiger partial charge in [-0.25, -0.2) is 8.42 Å². The minimum atomic E-state index is -3.82. The van der Waals surface area contributed by atoms with Gasteiger partial charge in [0, 0.05) is 4.88 Å². The van der Waals surface area contributed by atoms with Gasteiger partial charge in [0.25, 0.3) is 15.9 Å². The van der Waals surface area contributed by atoms with Crippen molar-refractivity contribution in [3.05, 3.63) is 40.3 Å². The second-order valence-corrected chi connectivity index (χ2v) is 9.54. The van der Waals surface area contributed by atoms with Crippen LogP contribution in [0.4, 0.5) is 5.00 Å². The first kappa shape index (κ1) is 19.7. The molecule has 3 rings (SSSR count). The molecule has 0 radical (unpaired) electrons. The summed E-state index contributed by atoms with van der Waals surface area (Å²) in [5, 5.41) is 0.320. The average Bonchev–Trinajstić information content (AvgIpc) is 2.98. The van der Waals surface area contributed by atoms with Crippen molar-refractivity contribution in [2.24, 2.45) is 11.7 Å². The molecule has 6 nitrogen and oxygen atoms in total. The van der Waals surface area contributed by atoms with Crippen molar-refractivity contribution in [2.45, 2.75) is 43.9 Å². The smallest absolute Gasteiger partial charge is 0.262 e. The third kappa shape index (κ3) is 4.11. The molecule has 0 saturated heterocycles. The van der Waals surface area contributed by atoms with Crippen molar-refractivity contribution in [3.63, 3.8) is 0 Å². The third-order valence-electron chi connectivity index (χ3n) is 4.91. The molecular formula is C19H24N2O4S2. The first-order chi connectivity index (χ1) is 12.9. The number of benzene rings is 1. The number of primary amides is 1. The van der Waals surface area contributed by atoms with E-state index >= 15 is 0 Å². The van der Waals surface area contributed by atoms with E-state index in [0.717, 1.165) is 42.5 Å². The normalized spacial score (nSPS) is 16.6. The molecule has 0 bridgehead atoms. The third-order valence-corrected chi connectivity index (χ3v) is 7.57. The molecule has 0 unspecified atom stereocenters. The standard InChI is InChI=1S/C19H24N2O4S2/c1-3-4-12-5-10-15-16(11-12)26-19(17(15)18(20)22)21-27(23,24)14-8-6-13(25-2)7-9-14/h6-9,12,21H,3-5,10-11H2,1-2H3,(H2,20,22)/t12-/m1/s1. The molecule has 1 aromatic carbocycles. The molecule has 146 valence electrons. The van der Waals surface area contributed by atoms with E-state index < -0.39 is 15.9 Å². The van der Waals surface area contributed by atoms with Crippen molar-refractivity contribution < 1.29 is 17.9 Å². The van der Waals surface area contributed by atoms with E-state index in [9.17, 15) is 13.2 Å². The number of carbonyl (C=O) groups is 1. The van der Waals surface area contributed by atoms with Crippen LogP contribution in [-0.4, -0.2) is 21.4 Å². The van der Waals surface area contributed by atoms with E-state index in [2.05, 4.69) is 11.6 Å². The van der Waals surface area contributed by atoms with Gasteiger partial charge in [0.15, 0.2) is 0 Å². The zero-order valence-corrected chi connectivity index (χ0v) is 17.1. The summed E-state index contributed by atoms with van der Waals surface area (Å²) in [5.41, 5.74) is 6.82. The number of ether oxygens (including phenoxy) is 1. The number of nitrogens with two attached hydrogens (primary N) is 1. The molecule has 1 atom stereocenters. The number of hydrogen-bond acceptors (Lipinski definition) is 5. The molecule has 1 aromatic heterocycles. The topological polar surface area (TPSA) is 98.5 Å². The fourth-order valence-electron chi connectivity index (χ4n) is 3.58. The number of hydrogen-bond donors (Lipinski definition) is 2. The SMILES string of the molecule is CCC[C@@H]1CCc2c(sc(NS(=O)(=O)c3ccc(OC)cc3)c2C(N)=O)C1. The lowest BCUT2D eigenvalue weighted by molar-refractivity contribution is 0.1000. The Bertz CT molecular complexity index is 933. The minimum absolute atomic E-state index is 0.106. The molecule has 0 fully saturated rings. The zero-order valence-electron chi connectivity index (χ0n) is 15.4. The van der Waals surface area contributed by atoms with E-state index in [4.69, 9.17) is 10.5 Å². The second kappa shape index (κ2) is 7.90. The summed E-state index contributed by atoms with van der Waals surface area (Å²) < 4.78 is 33.2. The van der Waals surface area contributed by atoms with Crippen molar-refractivity contribution >= 4 is 32.3 Å². The van der Waals surface area contributed by atoms with E-state index in [1.54, 1.807) is 12.1 Å². The van der Waals surface area contributed by atoms with Gasteiger partial charge in [-0.3, -0.25) is 9.52 Å². The van der Waals surface area contributed by atoms with E-state index in [1.807, 2.05) is 0 Å². The first-order valence-electron chi connectivity index (χ1n) is 8.97. The number of carbonyl (C=O) groups excluding carboxylic acids is 1. The van der Waals surface area contributed by atoms with Crippen LogP contribution in [0.2, 0.25) is 0 Å². The van der Waals surface area contributed by atoms with Crippen molar-refractivity contribution in [3.8, 4) is 5.75 Å². The van der Waals surface area contributed by atoms with Crippen molar-refractivity contribution in [2.75, 3.05) is 11.8 Å². The summed E-state index contributed by atoms with van der Waals surface area (Å²) in [4.78, 5) is 13.2.